The van der Waals surface area contributed by atoms with E-state index in [1.54, 1.807) is 19.9 Å². The molecule has 0 radical (unpaired) electrons. The summed E-state index contributed by atoms with van der Waals surface area (Å²) in [6, 6.07) is 4.02. The summed E-state index contributed by atoms with van der Waals surface area (Å²) < 4.78 is 26.4. The largest absolute Gasteiger partial charge is 0.334 e. The van der Waals surface area contributed by atoms with Gasteiger partial charge in [0.1, 0.15) is 4.90 Å². The number of hydrogen-bond donors (Lipinski definition) is 1. The molecule has 2 aliphatic rings. The van der Waals surface area contributed by atoms with E-state index in [2.05, 4.69) is 5.32 Å². The number of carbonyl (C=O) groups excluding carboxylic acids is 2. The van der Waals surface area contributed by atoms with Crippen LogP contribution in [0, 0.1) is 0 Å². The van der Waals surface area contributed by atoms with Crippen LogP contribution >= 0.6 is 0 Å². The van der Waals surface area contributed by atoms with Crippen LogP contribution in [0.4, 0.5) is 0 Å². The molecule has 0 spiro atoms. The number of amides is 2. The number of rotatable bonds is 5. The Morgan fingerprint density at radius 2 is 2.12 bits per heavy atom. The monoisotopic (exact) mass is 379 g/mol. The maximum atomic E-state index is 13.0. The molecule has 0 aromatic heterocycles. The van der Waals surface area contributed by atoms with E-state index in [-0.39, 0.29) is 22.4 Å². The molecule has 0 aliphatic carbocycles. The predicted molar refractivity (Wildman–Crippen MR) is 97.5 cm³/mol. The van der Waals surface area contributed by atoms with Gasteiger partial charge in [0.25, 0.3) is 21.8 Å². The molecule has 2 heterocycles. The van der Waals surface area contributed by atoms with Crippen LogP contribution in [0.15, 0.2) is 23.1 Å². The van der Waals surface area contributed by atoms with Crippen molar-refractivity contribution in [1.29, 1.82) is 0 Å². The first-order chi connectivity index (χ1) is 12.3. The van der Waals surface area contributed by atoms with E-state index in [9.17, 15) is 18.0 Å². The van der Waals surface area contributed by atoms with Gasteiger partial charge in [-0.3, -0.25) is 9.59 Å². The number of fused-ring (bicyclic) bond motifs is 1. The van der Waals surface area contributed by atoms with Gasteiger partial charge in [0, 0.05) is 30.7 Å². The highest BCUT2D eigenvalue weighted by molar-refractivity contribution is 7.90. The smallest absolute Gasteiger partial charge is 0.269 e. The van der Waals surface area contributed by atoms with Crippen LogP contribution in [0.5, 0.6) is 0 Å². The fraction of sp³-hybridized carbons (Fsp3) is 0.556. The van der Waals surface area contributed by atoms with Gasteiger partial charge in [0.05, 0.1) is 5.56 Å². The lowest BCUT2D eigenvalue weighted by Gasteiger charge is -2.28. The van der Waals surface area contributed by atoms with Gasteiger partial charge in [-0.05, 0) is 51.4 Å². The second-order valence-corrected chi connectivity index (χ2v) is 8.84. The summed E-state index contributed by atoms with van der Waals surface area (Å²) in [5, 5.41) is 3.26. The van der Waals surface area contributed by atoms with E-state index in [4.69, 9.17) is 0 Å². The topological polar surface area (TPSA) is 86.8 Å². The minimum atomic E-state index is -3.91. The molecular formula is C18H25N3O4S. The summed E-state index contributed by atoms with van der Waals surface area (Å²) in [5.41, 5.74) is 0.450. The third-order valence-corrected chi connectivity index (χ3v) is 6.86. The second-order valence-electron chi connectivity index (χ2n) is 7.06. The Kier molecular flexibility index (Phi) is 5.07. The molecule has 26 heavy (non-hydrogen) atoms. The van der Waals surface area contributed by atoms with E-state index in [1.807, 2.05) is 11.8 Å². The Labute approximate surface area is 154 Å². The first-order valence-electron chi connectivity index (χ1n) is 9.03. The van der Waals surface area contributed by atoms with Gasteiger partial charge < -0.3 is 10.2 Å². The van der Waals surface area contributed by atoms with Gasteiger partial charge >= 0.3 is 0 Å². The molecule has 142 valence electrons. The van der Waals surface area contributed by atoms with E-state index in [0.29, 0.717) is 12.1 Å². The maximum absolute atomic E-state index is 13.0. The van der Waals surface area contributed by atoms with E-state index < -0.39 is 22.0 Å². The molecule has 2 aliphatic heterocycles. The summed E-state index contributed by atoms with van der Waals surface area (Å²) in [6.45, 7) is 7.55. The van der Waals surface area contributed by atoms with Crippen LogP contribution in [-0.4, -0.2) is 61.2 Å². The standard InChI is InChI=1S/C18H25N3O4S/c1-4-9-20(14-7-8-19-11-14)17(22)13-5-6-15-16(10-13)26(24,25)21(12(2)3)18(15)23/h5-6,10,12,14,19H,4,7-9,11H2,1-3H3. The lowest BCUT2D eigenvalue weighted by molar-refractivity contribution is 0.0691. The molecule has 7 nitrogen and oxygen atoms in total. The first kappa shape index (κ1) is 18.8. The molecule has 3 rings (SSSR count). The zero-order valence-electron chi connectivity index (χ0n) is 15.4. The Hall–Kier alpha value is -1.93. The lowest BCUT2D eigenvalue weighted by atomic mass is 10.1. The van der Waals surface area contributed by atoms with Crippen LogP contribution in [0.2, 0.25) is 0 Å². The van der Waals surface area contributed by atoms with Crippen molar-refractivity contribution in [1.82, 2.24) is 14.5 Å². The Balaban J connectivity index is 1.98. The summed E-state index contributed by atoms with van der Waals surface area (Å²) in [6.07, 6.45) is 1.71. The molecule has 1 N–H and O–H groups in total. The SMILES string of the molecule is CCCN(C(=O)c1ccc2c(c1)S(=O)(=O)N(C(C)C)C2=O)C1CCNC1. The zero-order chi connectivity index (χ0) is 19.1. The number of sulfonamides is 1. The average molecular weight is 379 g/mol. The zero-order valence-corrected chi connectivity index (χ0v) is 16.2. The fourth-order valence-electron chi connectivity index (χ4n) is 3.65. The summed E-state index contributed by atoms with van der Waals surface area (Å²) in [7, 11) is -3.91. The molecular weight excluding hydrogens is 354 g/mol. The summed E-state index contributed by atoms with van der Waals surface area (Å²) in [5.74, 6) is -0.714. The minimum Gasteiger partial charge on any atom is -0.334 e. The van der Waals surface area contributed by atoms with Gasteiger partial charge in [-0.25, -0.2) is 12.7 Å². The molecule has 1 atom stereocenters. The van der Waals surface area contributed by atoms with Crippen molar-refractivity contribution in [3.63, 3.8) is 0 Å². The molecule has 2 amide bonds. The van der Waals surface area contributed by atoms with E-state index in [1.165, 1.54) is 12.1 Å². The third kappa shape index (κ3) is 3.01. The highest BCUT2D eigenvalue weighted by atomic mass is 32.2. The predicted octanol–water partition coefficient (Wildman–Crippen LogP) is 1.45. The highest BCUT2D eigenvalue weighted by Crippen LogP contribution is 2.33. The Morgan fingerprint density at radius 3 is 2.69 bits per heavy atom. The van der Waals surface area contributed by atoms with Gasteiger partial charge in [-0.2, -0.15) is 0 Å². The van der Waals surface area contributed by atoms with Crippen LogP contribution < -0.4 is 5.32 Å². The molecule has 1 fully saturated rings. The molecule has 1 saturated heterocycles. The Morgan fingerprint density at radius 1 is 1.38 bits per heavy atom. The third-order valence-electron chi connectivity index (χ3n) is 4.87. The van der Waals surface area contributed by atoms with Gasteiger partial charge in [0.2, 0.25) is 0 Å². The summed E-state index contributed by atoms with van der Waals surface area (Å²) in [4.78, 5) is 27.2. The van der Waals surface area contributed by atoms with Gasteiger partial charge in [-0.15, -0.1) is 0 Å². The van der Waals surface area contributed by atoms with Crippen molar-refractivity contribution in [2.45, 2.75) is 50.6 Å². The first-order valence-corrected chi connectivity index (χ1v) is 10.5. The Bertz CT molecular complexity index is 829. The normalized spacial score (nSPS) is 21.3. The van der Waals surface area contributed by atoms with Crippen molar-refractivity contribution in [3.8, 4) is 0 Å². The van der Waals surface area contributed by atoms with Crippen LogP contribution in [0.25, 0.3) is 0 Å². The van der Waals surface area contributed by atoms with Crippen molar-refractivity contribution in [2.75, 3.05) is 19.6 Å². The molecule has 1 aromatic rings. The molecule has 8 heteroatoms. The van der Waals surface area contributed by atoms with Crippen molar-refractivity contribution in [3.05, 3.63) is 29.3 Å². The number of carbonyl (C=O) groups is 2. The van der Waals surface area contributed by atoms with Crippen LogP contribution in [-0.2, 0) is 10.0 Å². The fourth-order valence-corrected chi connectivity index (χ4v) is 5.45. The van der Waals surface area contributed by atoms with E-state index >= 15 is 0 Å². The summed E-state index contributed by atoms with van der Waals surface area (Å²) >= 11 is 0. The number of nitrogens with zero attached hydrogens (tertiary/aromatic N) is 2. The molecule has 1 unspecified atom stereocenters. The minimum absolute atomic E-state index is 0.0666. The van der Waals surface area contributed by atoms with Crippen LogP contribution in [0.1, 0.15) is 54.3 Å². The molecule has 0 saturated carbocycles. The highest BCUT2D eigenvalue weighted by Gasteiger charge is 2.43. The van der Waals surface area contributed by atoms with E-state index in [0.717, 1.165) is 30.2 Å². The van der Waals surface area contributed by atoms with Gasteiger partial charge in [0.15, 0.2) is 0 Å². The number of hydrogen-bond acceptors (Lipinski definition) is 5. The quantitative estimate of drug-likeness (QED) is 0.837. The van der Waals surface area contributed by atoms with Gasteiger partial charge in [-0.1, -0.05) is 6.92 Å². The van der Waals surface area contributed by atoms with Crippen molar-refractivity contribution >= 4 is 21.8 Å². The van der Waals surface area contributed by atoms with Crippen LogP contribution in [0.3, 0.4) is 0 Å². The lowest BCUT2D eigenvalue weighted by Crippen LogP contribution is -2.42. The average Bonchev–Trinajstić information content (AvgIpc) is 3.18. The number of benzene rings is 1. The molecule has 0 bridgehead atoms. The van der Waals surface area contributed by atoms with Crippen molar-refractivity contribution < 1.29 is 18.0 Å². The number of nitrogens with one attached hydrogen (secondary N) is 1. The maximum Gasteiger partial charge on any atom is 0.269 e. The second kappa shape index (κ2) is 7.00. The molecule has 1 aromatic carbocycles. The van der Waals surface area contributed by atoms with Crippen molar-refractivity contribution in [2.24, 2.45) is 0 Å².